The standard InChI is InChI=1S/C13H25NO2/c1-15-11-13(8-4-5-9-16-13)12(10-14)6-2-3-7-12/h2-11,14H2,1H3. The summed E-state index contributed by atoms with van der Waals surface area (Å²) in [4.78, 5) is 0. The average Bonchev–Trinajstić information content (AvgIpc) is 2.81. The first-order valence-corrected chi connectivity index (χ1v) is 6.62. The first-order chi connectivity index (χ1) is 7.79. The highest BCUT2D eigenvalue weighted by Crippen LogP contribution is 2.51. The maximum absolute atomic E-state index is 6.18. The molecule has 2 rings (SSSR count). The van der Waals surface area contributed by atoms with Gasteiger partial charge in [-0.2, -0.15) is 0 Å². The van der Waals surface area contributed by atoms with Gasteiger partial charge in [0.05, 0.1) is 12.2 Å². The normalized spacial score (nSPS) is 34.1. The molecule has 3 nitrogen and oxygen atoms in total. The minimum absolute atomic E-state index is 0.0920. The summed E-state index contributed by atoms with van der Waals surface area (Å²) in [5.41, 5.74) is 6.17. The van der Waals surface area contributed by atoms with Gasteiger partial charge in [0.25, 0.3) is 0 Å². The van der Waals surface area contributed by atoms with Gasteiger partial charge in [-0.1, -0.05) is 12.8 Å². The van der Waals surface area contributed by atoms with Crippen LogP contribution in [-0.2, 0) is 9.47 Å². The molecule has 0 radical (unpaired) electrons. The molecule has 2 N–H and O–H groups in total. The van der Waals surface area contributed by atoms with Gasteiger partial charge in [-0.05, 0) is 32.1 Å². The quantitative estimate of drug-likeness (QED) is 0.800. The Morgan fingerprint density at radius 3 is 2.31 bits per heavy atom. The van der Waals surface area contributed by atoms with Crippen LogP contribution in [-0.4, -0.2) is 32.5 Å². The number of methoxy groups -OCH3 is 1. The molecule has 1 saturated heterocycles. The van der Waals surface area contributed by atoms with Gasteiger partial charge >= 0.3 is 0 Å². The summed E-state index contributed by atoms with van der Waals surface area (Å²) in [6.45, 7) is 2.34. The summed E-state index contributed by atoms with van der Waals surface area (Å²) in [7, 11) is 1.78. The lowest BCUT2D eigenvalue weighted by Crippen LogP contribution is -2.57. The van der Waals surface area contributed by atoms with Crippen LogP contribution in [0.25, 0.3) is 0 Å². The van der Waals surface area contributed by atoms with Crippen LogP contribution >= 0.6 is 0 Å². The lowest BCUT2D eigenvalue weighted by Gasteiger charge is -2.50. The summed E-state index contributed by atoms with van der Waals surface area (Å²) < 4.78 is 11.6. The zero-order valence-corrected chi connectivity index (χ0v) is 10.5. The van der Waals surface area contributed by atoms with Crippen molar-refractivity contribution in [2.24, 2.45) is 11.1 Å². The Bertz CT molecular complexity index is 212. The molecule has 3 heteroatoms. The Kier molecular flexibility index (Phi) is 3.88. The SMILES string of the molecule is COCC1(C2(CN)CCCC2)CCCCO1. The summed E-state index contributed by atoms with van der Waals surface area (Å²) in [5, 5.41) is 0. The predicted octanol–water partition coefficient (Wildman–Crippen LogP) is 2.09. The van der Waals surface area contributed by atoms with Gasteiger partial charge in [0.2, 0.25) is 0 Å². The van der Waals surface area contributed by atoms with Crippen LogP contribution in [0.2, 0.25) is 0 Å². The van der Waals surface area contributed by atoms with E-state index in [0.29, 0.717) is 6.61 Å². The second-order valence-electron chi connectivity index (χ2n) is 5.42. The molecule has 1 unspecified atom stereocenters. The van der Waals surface area contributed by atoms with E-state index in [9.17, 15) is 0 Å². The van der Waals surface area contributed by atoms with Crippen molar-refractivity contribution in [3.63, 3.8) is 0 Å². The van der Waals surface area contributed by atoms with E-state index in [-0.39, 0.29) is 11.0 Å². The van der Waals surface area contributed by atoms with E-state index in [1.807, 2.05) is 0 Å². The number of hydrogen-bond acceptors (Lipinski definition) is 3. The smallest absolute Gasteiger partial charge is 0.0982 e. The Hall–Kier alpha value is -0.120. The molecule has 2 aliphatic rings. The molecule has 16 heavy (non-hydrogen) atoms. The zero-order chi connectivity index (χ0) is 11.5. The van der Waals surface area contributed by atoms with Crippen LogP contribution in [0.5, 0.6) is 0 Å². The van der Waals surface area contributed by atoms with Crippen molar-refractivity contribution in [3.05, 3.63) is 0 Å². The second kappa shape index (κ2) is 5.03. The summed E-state index contributed by atoms with van der Waals surface area (Å²) in [6, 6.07) is 0. The van der Waals surface area contributed by atoms with Gasteiger partial charge in [-0.3, -0.25) is 0 Å². The minimum Gasteiger partial charge on any atom is -0.382 e. The van der Waals surface area contributed by atoms with E-state index >= 15 is 0 Å². The summed E-state index contributed by atoms with van der Waals surface area (Å²) in [5.74, 6) is 0. The highest BCUT2D eigenvalue weighted by Gasteiger charge is 2.53. The van der Waals surface area contributed by atoms with Gasteiger partial charge in [0.1, 0.15) is 0 Å². The van der Waals surface area contributed by atoms with Crippen molar-refractivity contribution >= 4 is 0 Å². The van der Waals surface area contributed by atoms with Crippen molar-refractivity contribution < 1.29 is 9.47 Å². The molecule has 0 amide bonds. The third-order valence-corrected chi connectivity index (χ3v) is 4.65. The van der Waals surface area contributed by atoms with E-state index in [4.69, 9.17) is 15.2 Å². The third kappa shape index (κ3) is 1.89. The van der Waals surface area contributed by atoms with E-state index in [1.54, 1.807) is 7.11 Å². The van der Waals surface area contributed by atoms with Crippen LogP contribution in [0.15, 0.2) is 0 Å². The monoisotopic (exact) mass is 227 g/mol. The first kappa shape index (κ1) is 12.3. The molecule has 94 valence electrons. The number of nitrogens with two attached hydrogens (primary N) is 1. The van der Waals surface area contributed by atoms with E-state index in [1.165, 1.54) is 38.5 Å². The predicted molar refractivity (Wildman–Crippen MR) is 64.4 cm³/mol. The van der Waals surface area contributed by atoms with Gasteiger partial charge in [-0.25, -0.2) is 0 Å². The highest BCUT2D eigenvalue weighted by atomic mass is 16.5. The maximum atomic E-state index is 6.18. The van der Waals surface area contributed by atoms with Gasteiger partial charge < -0.3 is 15.2 Å². The van der Waals surface area contributed by atoms with Crippen molar-refractivity contribution in [2.75, 3.05) is 26.9 Å². The summed E-state index contributed by atoms with van der Waals surface area (Å²) >= 11 is 0. The third-order valence-electron chi connectivity index (χ3n) is 4.65. The van der Waals surface area contributed by atoms with Crippen LogP contribution < -0.4 is 5.73 Å². The number of hydrogen-bond donors (Lipinski definition) is 1. The van der Waals surface area contributed by atoms with Crippen LogP contribution in [0.4, 0.5) is 0 Å². The largest absolute Gasteiger partial charge is 0.382 e. The molecular formula is C13H25NO2. The molecule has 1 atom stereocenters. The van der Waals surface area contributed by atoms with Crippen molar-refractivity contribution in [3.8, 4) is 0 Å². The van der Waals surface area contributed by atoms with Gasteiger partial charge in [-0.15, -0.1) is 0 Å². The molecule has 0 spiro atoms. The fourth-order valence-electron chi connectivity index (χ4n) is 3.67. The Labute approximate surface area is 98.7 Å². The molecule has 0 aromatic rings. The van der Waals surface area contributed by atoms with Crippen molar-refractivity contribution in [2.45, 2.75) is 50.5 Å². The van der Waals surface area contributed by atoms with E-state index < -0.39 is 0 Å². The second-order valence-corrected chi connectivity index (χ2v) is 5.42. The molecule has 1 aliphatic heterocycles. The molecule has 0 aromatic carbocycles. The average molecular weight is 227 g/mol. The van der Waals surface area contributed by atoms with Crippen molar-refractivity contribution in [1.82, 2.24) is 0 Å². The molecule has 0 aromatic heterocycles. The molecule has 1 saturated carbocycles. The molecular weight excluding hydrogens is 202 g/mol. The lowest BCUT2D eigenvalue weighted by atomic mass is 9.67. The Balaban J connectivity index is 2.21. The number of rotatable bonds is 4. The molecule has 2 fully saturated rings. The summed E-state index contributed by atoms with van der Waals surface area (Å²) in [6.07, 6.45) is 8.59. The Morgan fingerprint density at radius 1 is 1.12 bits per heavy atom. The first-order valence-electron chi connectivity index (χ1n) is 6.62. The van der Waals surface area contributed by atoms with Crippen LogP contribution in [0.3, 0.4) is 0 Å². The number of ether oxygens (including phenoxy) is 2. The van der Waals surface area contributed by atoms with E-state index in [2.05, 4.69) is 0 Å². The zero-order valence-electron chi connectivity index (χ0n) is 10.5. The fourth-order valence-corrected chi connectivity index (χ4v) is 3.67. The highest BCUT2D eigenvalue weighted by molar-refractivity contribution is 5.04. The molecule has 1 aliphatic carbocycles. The van der Waals surface area contributed by atoms with Crippen LogP contribution in [0.1, 0.15) is 44.9 Å². The molecule has 0 bridgehead atoms. The Morgan fingerprint density at radius 2 is 1.81 bits per heavy atom. The fraction of sp³-hybridized carbons (Fsp3) is 1.00. The van der Waals surface area contributed by atoms with Gasteiger partial charge in [0, 0.05) is 25.7 Å². The molecule has 1 heterocycles. The van der Waals surface area contributed by atoms with Crippen LogP contribution in [0, 0.1) is 5.41 Å². The maximum Gasteiger partial charge on any atom is 0.0982 e. The van der Waals surface area contributed by atoms with Gasteiger partial charge in [0.15, 0.2) is 0 Å². The lowest BCUT2D eigenvalue weighted by molar-refractivity contribution is -0.184. The van der Waals surface area contributed by atoms with Crippen molar-refractivity contribution in [1.29, 1.82) is 0 Å². The topological polar surface area (TPSA) is 44.5 Å². The minimum atomic E-state index is -0.0920. The van der Waals surface area contributed by atoms with E-state index in [0.717, 1.165) is 19.6 Å².